The average molecular weight is 991 g/mol. The first-order chi connectivity index (χ1) is 33.8. The molecule has 69 heavy (non-hydrogen) atoms. The van der Waals surface area contributed by atoms with Crippen LogP contribution in [-0.2, 0) is 16.0 Å². The van der Waals surface area contributed by atoms with Crippen LogP contribution >= 0.6 is 0 Å². The summed E-state index contributed by atoms with van der Waals surface area (Å²) in [6, 6.07) is 16.3. The second-order valence-corrected chi connectivity index (χ2v) is 20.9. The van der Waals surface area contributed by atoms with Crippen LogP contribution in [-0.4, -0.2) is 28.5 Å². The first kappa shape index (κ1) is 62.2. The normalized spacial score (nSPS) is 11.8. The van der Waals surface area contributed by atoms with Crippen molar-refractivity contribution in [2.75, 3.05) is 13.2 Å². The fourth-order valence-electron chi connectivity index (χ4n) is 9.06. The van der Waals surface area contributed by atoms with E-state index in [1.807, 2.05) is 50.4 Å². The molecule has 0 bridgehead atoms. The van der Waals surface area contributed by atoms with E-state index >= 15 is 0 Å². The number of ether oxygens (including phenoxy) is 2. The van der Waals surface area contributed by atoms with Crippen molar-refractivity contribution < 1.29 is 25.5 Å². The number of aliphatic imine (C=N–C) groups is 2. The van der Waals surface area contributed by atoms with Crippen LogP contribution in [0, 0.1) is 13.8 Å². The number of pyridine rings is 1. The molecule has 0 saturated carbocycles. The van der Waals surface area contributed by atoms with E-state index in [0.29, 0.717) is 0 Å². The predicted molar refractivity (Wildman–Crippen MR) is 300 cm³/mol. The van der Waals surface area contributed by atoms with E-state index in [9.17, 15) is 0 Å². The van der Waals surface area contributed by atoms with E-state index in [1.165, 1.54) is 218 Å². The number of hydrogen-bond acceptors (Lipinski definition) is 5. The zero-order valence-corrected chi connectivity index (χ0v) is 46.8. The number of aromatic nitrogens is 1. The molecule has 3 aromatic rings. The quantitative estimate of drug-likeness (QED) is 0.0322. The molecule has 0 aliphatic carbocycles. The summed E-state index contributed by atoms with van der Waals surface area (Å²) >= 11 is 3.85. The zero-order chi connectivity index (χ0) is 49.7. The topological polar surface area (TPSA) is 56.1 Å². The molecule has 2 aromatic carbocycles. The molecule has 1 aromatic heterocycles. The van der Waals surface area contributed by atoms with Crippen LogP contribution in [0.25, 0.3) is 0 Å². The first-order valence-electron chi connectivity index (χ1n) is 29.0. The molecule has 0 fully saturated rings. The Bertz CT molecular complexity index is 1690. The van der Waals surface area contributed by atoms with Gasteiger partial charge in [0, 0.05) is 23.7 Å². The molecule has 0 N–H and O–H groups in total. The molecular weight excluding hydrogens is 887 g/mol. The Kier molecular flexibility index (Phi) is 40.5. The third-order valence-electron chi connectivity index (χ3n) is 13.5. The Balaban J connectivity index is 0.000000479. The van der Waals surface area contributed by atoms with Gasteiger partial charge in [-0.2, -0.15) is 0 Å². The van der Waals surface area contributed by atoms with Crippen LogP contribution < -0.4 is 9.47 Å². The molecule has 0 spiro atoms. The third kappa shape index (κ3) is 35.7. The molecule has 391 valence electrons. The number of benzene rings is 2. The average Bonchev–Trinajstić information content (AvgIpc) is 3.35. The maximum absolute atomic E-state index is 6.00. The van der Waals surface area contributed by atoms with Crippen molar-refractivity contribution in [2.45, 2.75) is 273 Å². The number of aryl methyl sites for hydroxylation is 2. The summed E-state index contributed by atoms with van der Waals surface area (Å²) in [5, 5.41) is 0. The van der Waals surface area contributed by atoms with Gasteiger partial charge in [0.1, 0.15) is 5.75 Å². The fraction of sp³-hybridized carbons (Fsp3) is 0.698. The number of nitrogens with zero attached hydrogens (tertiary/aromatic N) is 3. The standard InChI is InChI=1S/C34H54N2O.C29H50NO.Fe/c1-4-5-6-7-8-9-10-11-12-13-14-15-16-17-18-19-20-21-27-37-33-24-25-34(30(2)28-33)36-31(3)32-23-22-26-35-29-32;1-4-6-7-8-9-10-11-12-13-14-15-16-17-18-19-20-21-22-25-31-28-23-24-29(30-5-2)27(3)26-28;/h22-26,28-29H,4-21,27H2,1-3H3;23-24,26H,4,6-22,25H2,1-3H3;. The van der Waals surface area contributed by atoms with Gasteiger partial charge in [-0.25, -0.2) is 0 Å². The molecule has 0 unspecified atom stereocenters. The van der Waals surface area contributed by atoms with Gasteiger partial charge in [-0.3, -0.25) is 9.98 Å². The molecule has 6 heteroatoms. The Morgan fingerprint density at radius 2 is 0.754 bits per heavy atom. The summed E-state index contributed by atoms with van der Waals surface area (Å²) in [7, 11) is 0. The van der Waals surface area contributed by atoms with Crippen LogP contribution in [0.3, 0.4) is 0 Å². The van der Waals surface area contributed by atoms with Gasteiger partial charge in [0.15, 0.2) is 0 Å². The first-order valence-corrected chi connectivity index (χ1v) is 29.5. The van der Waals surface area contributed by atoms with Gasteiger partial charge in [0.05, 0.1) is 12.3 Å². The van der Waals surface area contributed by atoms with Gasteiger partial charge in [-0.1, -0.05) is 219 Å². The fourth-order valence-corrected chi connectivity index (χ4v) is 9.19. The second-order valence-electron chi connectivity index (χ2n) is 20.1. The van der Waals surface area contributed by atoms with Crippen molar-refractivity contribution in [1.29, 1.82) is 0 Å². The van der Waals surface area contributed by atoms with E-state index in [2.05, 4.69) is 71.9 Å². The zero-order valence-electron chi connectivity index (χ0n) is 45.7. The number of hydrogen-bond donors (Lipinski definition) is 0. The van der Waals surface area contributed by atoms with Gasteiger partial charge >= 0.3 is 112 Å². The summed E-state index contributed by atoms with van der Waals surface area (Å²) < 4.78 is 12.7. The summed E-state index contributed by atoms with van der Waals surface area (Å²) in [5.74, 6) is 1.90. The SMILES string of the molecule is CCCCCCCCCCCCCCCCCCCCOc1ccc(N=C(C)c2cccnc2)c(C)c1.CCCCCCCCCCCCCCCCCCCCOc1ccc(N=[C](C)[Fe])c(C)c1. The van der Waals surface area contributed by atoms with Gasteiger partial charge in [-0.15, -0.1) is 0 Å². The minimum atomic E-state index is 0.801. The Hall–Kier alpha value is -2.95. The van der Waals surface area contributed by atoms with Crippen LogP contribution in [0.2, 0.25) is 0 Å². The molecule has 0 aliphatic rings. The molecule has 1 heterocycles. The van der Waals surface area contributed by atoms with Crippen molar-refractivity contribution in [2.24, 2.45) is 9.98 Å². The van der Waals surface area contributed by atoms with Crippen LogP contribution in [0.5, 0.6) is 11.5 Å². The molecular formula is C63H104FeN3O2. The van der Waals surface area contributed by atoms with E-state index in [-0.39, 0.29) is 0 Å². The summed E-state index contributed by atoms with van der Waals surface area (Å²) in [6.07, 6.45) is 54.2. The van der Waals surface area contributed by atoms with Crippen molar-refractivity contribution >= 4 is 21.7 Å². The molecule has 0 amide bonds. The van der Waals surface area contributed by atoms with Crippen LogP contribution in [0.4, 0.5) is 11.4 Å². The van der Waals surface area contributed by atoms with E-state index < -0.39 is 0 Å². The van der Waals surface area contributed by atoms with Gasteiger partial charge in [0.25, 0.3) is 0 Å². The molecule has 0 saturated heterocycles. The third-order valence-corrected chi connectivity index (χ3v) is 13.6. The van der Waals surface area contributed by atoms with Gasteiger partial charge < -0.3 is 4.74 Å². The van der Waals surface area contributed by atoms with Crippen molar-refractivity contribution in [3.63, 3.8) is 0 Å². The molecule has 0 atom stereocenters. The Labute approximate surface area is 435 Å². The second kappa shape index (κ2) is 45.0. The molecule has 5 nitrogen and oxygen atoms in total. The monoisotopic (exact) mass is 991 g/mol. The van der Waals surface area contributed by atoms with Crippen molar-refractivity contribution in [1.82, 2.24) is 4.98 Å². The van der Waals surface area contributed by atoms with E-state index in [1.54, 1.807) is 6.20 Å². The van der Waals surface area contributed by atoms with Crippen LogP contribution in [0.1, 0.15) is 276 Å². The van der Waals surface area contributed by atoms with Crippen LogP contribution in [0.15, 0.2) is 70.9 Å². The Morgan fingerprint density at radius 3 is 1.04 bits per heavy atom. The molecule has 0 radical (unpaired) electrons. The maximum atomic E-state index is 6.00. The summed E-state index contributed by atoms with van der Waals surface area (Å²) in [6.45, 7) is 14.3. The minimum absolute atomic E-state index is 0.801. The molecule has 0 aliphatic heterocycles. The van der Waals surface area contributed by atoms with E-state index in [0.717, 1.165) is 75.9 Å². The van der Waals surface area contributed by atoms with Crippen molar-refractivity contribution in [3.8, 4) is 11.5 Å². The predicted octanol–water partition coefficient (Wildman–Crippen LogP) is 21.0. The Morgan fingerprint density at radius 1 is 0.435 bits per heavy atom. The van der Waals surface area contributed by atoms with Gasteiger partial charge in [-0.05, 0) is 50.1 Å². The summed E-state index contributed by atoms with van der Waals surface area (Å²) in [5.41, 5.74) is 6.28. The van der Waals surface area contributed by atoms with Gasteiger partial charge in [0.2, 0.25) is 0 Å². The van der Waals surface area contributed by atoms with Crippen molar-refractivity contribution in [3.05, 3.63) is 77.6 Å². The summed E-state index contributed by atoms with van der Waals surface area (Å²) in [4.78, 5) is 13.4. The number of rotatable bonds is 43. The number of unbranched alkanes of at least 4 members (excludes halogenated alkanes) is 34. The van der Waals surface area contributed by atoms with E-state index in [4.69, 9.17) is 14.5 Å². The molecule has 3 rings (SSSR count).